The van der Waals surface area contributed by atoms with Crippen LogP contribution in [0.2, 0.25) is 0 Å². The van der Waals surface area contributed by atoms with E-state index in [1.165, 1.54) is 6.07 Å². The van der Waals surface area contributed by atoms with Gasteiger partial charge in [0.1, 0.15) is 5.82 Å². The number of anilines is 1. The molecule has 0 unspecified atom stereocenters. The van der Waals surface area contributed by atoms with Crippen LogP contribution in [0.3, 0.4) is 0 Å². The average molecular weight is 467 g/mol. The second-order valence-corrected chi connectivity index (χ2v) is 8.26. The van der Waals surface area contributed by atoms with E-state index in [0.717, 1.165) is 28.8 Å². The van der Waals surface area contributed by atoms with Crippen molar-refractivity contribution in [2.45, 2.75) is 19.0 Å². The van der Waals surface area contributed by atoms with Gasteiger partial charge in [-0.1, -0.05) is 24.3 Å². The number of halogens is 3. The number of nitrogens with zero attached hydrogens (tertiary/aromatic N) is 4. The van der Waals surface area contributed by atoms with Crippen molar-refractivity contribution in [3.63, 3.8) is 0 Å². The maximum Gasteiger partial charge on any atom is 0.416 e. The highest BCUT2D eigenvalue weighted by atomic mass is 19.4. The number of carbonyl (C=O) groups is 1. The first-order chi connectivity index (χ1) is 16.3. The molecule has 1 fully saturated rings. The van der Waals surface area contributed by atoms with E-state index in [1.807, 2.05) is 29.2 Å². The summed E-state index contributed by atoms with van der Waals surface area (Å²) in [6.45, 7) is 1.21. The molecule has 2 aromatic carbocycles. The van der Waals surface area contributed by atoms with Gasteiger partial charge in [-0.15, -0.1) is 0 Å². The fourth-order valence-corrected chi connectivity index (χ4v) is 4.10. The number of aromatic amines is 1. The second-order valence-electron chi connectivity index (χ2n) is 8.26. The standard InChI is InChI=1S/C24H20F3N5O2/c25-24(26,27)18-5-6-19-20(11-18)31-21(30-19)15-3-1-14(2-4-15)17-12-28-23(29-13-17)32-9-7-16(8-10-32)22(33)34/h1-6,11-13,16H,7-10H2,(H,30,31)(H,33,34). The number of aromatic nitrogens is 4. The molecule has 10 heteroatoms. The van der Waals surface area contributed by atoms with Crippen LogP contribution in [-0.4, -0.2) is 44.1 Å². The zero-order valence-electron chi connectivity index (χ0n) is 17.9. The third kappa shape index (κ3) is 4.30. The van der Waals surface area contributed by atoms with Gasteiger partial charge >= 0.3 is 12.1 Å². The van der Waals surface area contributed by atoms with Gasteiger partial charge in [-0.2, -0.15) is 13.2 Å². The number of benzene rings is 2. The molecule has 1 aliphatic heterocycles. The smallest absolute Gasteiger partial charge is 0.416 e. The Bertz CT molecular complexity index is 1330. The quantitative estimate of drug-likeness (QED) is 0.438. The number of carboxylic acids is 1. The number of rotatable bonds is 4. The van der Waals surface area contributed by atoms with Crippen molar-refractivity contribution in [1.82, 2.24) is 19.9 Å². The minimum Gasteiger partial charge on any atom is -0.481 e. The summed E-state index contributed by atoms with van der Waals surface area (Å²) in [6.07, 6.45) is 0.178. The van der Waals surface area contributed by atoms with Crippen molar-refractivity contribution >= 4 is 23.0 Å². The Labute approximate surface area is 192 Å². The lowest BCUT2D eigenvalue weighted by molar-refractivity contribution is -0.142. The number of nitrogens with one attached hydrogen (secondary N) is 1. The number of aliphatic carboxylic acids is 1. The van der Waals surface area contributed by atoms with Crippen LogP contribution in [0.15, 0.2) is 54.9 Å². The highest BCUT2D eigenvalue weighted by molar-refractivity contribution is 5.80. The average Bonchev–Trinajstić information content (AvgIpc) is 3.27. The number of hydrogen-bond donors (Lipinski definition) is 2. The van der Waals surface area contributed by atoms with Crippen LogP contribution >= 0.6 is 0 Å². The van der Waals surface area contributed by atoms with Gasteiger partial charge in [0, 0.05) is 36.6 Å². The SMILES string of the molecule is O=C(O)C1CCN(c2ncc(-c3ccc(-c4nc5ccc(C(F)(F)F)cc5[nH]4)cc3)cn2)CC1. The third-order valence-corrected chi connectivity index (χ3v) is 6.07. The van der Waals surface area contributed by atoms with Crippen LogP contribution in [0.4, 0.5) is 19.1 Å². The number of imidazole rings is 1. The molecule has 5 rings (SSSR count). The summed E-state index contributed by atoms with van der Waals surface area (Å²) in [5.41, 5.74) is 2.51. The van der Waals surface area contributed by atoms with Gasteiger partial charge in [0.25, 0.3) is 0 Å². The van der Waals surface area contributed by atoms with E-state index in [1.54, 1.807) is 12.4 Å². The van der Waals surface area contributed by atoms with E-state index in [9.17, 15) is 18.0 Å². The zero-order chi connectivity index (χ0) is 23.9. The Morgan fingerprint density at radius 3 is 2.24 bits per heavy atom. The number of fused-ring (bicyclic) bond motifs is 1. The Kier molecular flexibility index (Phi) is 5.43. The Morgan fingerprint density at radius 2 is 1.62 bits per heavy atom. The molecule has 0 bridgehead atoms. The summed E-state index contributed by atoms with van der Waals surface area (Å²) in [6, 6.07) is 10.9. The molecular formula is C24H20F3N5O2. The van der Waals surface area contributed by atoms with Crippen molar-refractivity contribution in [1.29, 1.82) is 0 Å². The molecule has 0 aliphatic carbocycles. The number of carboxylic acid groups (broad SMARTS) is 1. The summed E-state index contributed by atoms with van der Waals surface area (Å²) in [4.78, 5) is 29.3. The van der Waals surface area contributed by atoms with E-state index < -0.39 is 17.7 Å². The van der Waals surface area contributed by atoms with E-state index in [2.05, 4.69) is 19.9 Å². The lowest BCUT2D eigenvalue weighted by atomic mass is 9.97. The van der Waals surface area contributed by atoms with Gasteiger partial charge in [0.2, 0.25) is 5.95 Å². The van der Waals surface area contributed by atoms with Gasteiger partial charge in [-0.3, -0.25) is 4.79 Å². The fraction of sp³-hybridized carbons (Fsp3) is 0.250. The molecule has 3 heterocycles. The van der Waals surface area contributed by atoms with Crippen LogP contribution in [0.25, 0.3) is 33.5 Å². The van der Waals surface area contributed by atoms with Crippen molar-refractivity contribution in [2.75, 3.05) is 18.0 Å². The summed E-state index contributed by atoms with van der Waals surface area (Å²) in [5, 5.41) is 9.13. The van der Waals surface area contributed by atoms with Gasteiger partial charge in [0.05, 0.1) is 22.5 Å². The first-order valence-corrected chi connectivity index (χ1v) is 10.8. The zero-order valence-corrected chi connectivity index (χ0v) is 17.9. The van der Waals surface area contributed by atoms with Gasteiger partial charge in [-0.25, -0.2) is 15.0 Å². The normalized spacial score (nSPS) is 15.1. The van der Waals surface area contributed by atoms with Crippen molar-refractivity contribution in [3.05, 3.63) is 60.4 Å². The molecule has 34 heavy (non-hydrogen) atoms. The van der Waals surface area contributed by atoms with E-state index in [-0.39, 0.29) is 5.92 Å². The maximum absolute atomic E-state index is 13.0. The minimum atomic E-state index is -4.41. The Balaban J connectivity index is 1.31. The molecule has 174 valence electrons. The number of hydrogen-bond acceptors (Lipinski definition) is 5. The van der Waals surface area contributed by atoms with Crippen LogP contribution in [0, 0.1) is 5.92 Å². The van der Waals surface area contributed by atoms with Gasteiger partial charge < -0.3 is 15.0 Å². The Hall–Kier alpha value is -3.95. The molecule has 0 amide bonds. The predicted molar refractivity (Wildman–Crippen MR) is 120 cm³/mol. The van der Waals surface area contributed by atoms with Crippen molar-refractivity contribution in [3.8, 4) is 22.5 Å². The van der Waals surface area contributed by atoms with Crippen molar-refractivity contribution < 1.29 is 23.1 Å². The molecule has 1 saturated heterocycles. The van der Waals surface area contributed by atoms with Gasteiger partial charge in [-0.05, 0) is 36.6 Å². The molecule has 0 saturated carbocycles. The molecule has 0 spiro atoms. The molecule has 1 aliphatic rings. The monoisotopic (exact) mass is 467 g/mol. The molecule has 7 nitrogen and oxygen atoms in total. The van der Waals surface area contributed by atoms with Gasteiger partial charge in [0.15, 0.2) is 0 Å². The lowest BCUT2D eigenvalue weighted by Crippen LogP contribution is -2.37. The Morgan fingerprint density at radius 1 is 0.971 bits per heavy atom. The summed E-state index contributed by atoms with van der Waals surface area (Å²) < 4.78 is 38.9. The molecule has 0 radical (unpaired) electrons. The summed E-state index contributed by atoms with van der Waals surface area (Å²) in [7, 11) is 0. The van der Waals surface area contributed by atoms with Crippen LogP contribution in [-0.2, 0) is 11.0 Å². The number of alkyl halides is 3. The second kappa shape index (κ2) is 8.44. The van der Waals surface area contributed by atoms with Crippen LogP contribution in [0.1, 0.15) is 18.4 Å². The first-order valence-electron chi connectivity index (χ1n) is 10.8. The fourth-order valence-electron chi connectivity index (χ4n) is 4.10. The molecule has 2 N–H and O–H groups in total. The number of H-pyrrole nitrogens is 1. The molecular weight excluding hydrogens is 447 g/mol. The summed E-state index contributed by atoms with van der Waals surface area (Å²) >= 11 is 0. The minimum absolute atomic E-state index is 0.313. The van der Waals surface area contributed by atoms with E-state index in [4.69, 9.17) is 5.11 Å². The molecule has 2 aromatic heterocycles. The highest BCUT2D eigenvalue weighted by Crippen LogP contribution is 2.32. The molecule has 0 atom stereocenters. The maximum atomic E-state index is 13.0. The van der Waals surface area contributed by atoms with Crippen LogP contribution < -0.4 is 4.90 Å². The van der Waals surface area contributed by atoms with Crippen molar-refractivity contribution in [2.24, 2.45) is 5.92 Å². The topological polar surface area (TPSA) is 95.0 Å². The lowest BCUT2D eigenvalue weighted by Gasteiger charge is -2.30. The highest BCUT2D eigenvalue weighted by Gasteiger charge is 2.30. The largest absolute Gasteiger partial charge is 0.481 e. The van der Waals surface area contributed by atoms with Crippen LogP contribution in [0.5, 0.6) is 0 Å². The third-order valence-electron chi connectivity index (χ3n) is 6.07. The summed E-state index contributed by atoms with van der Waals surface area (Å²) in [5.74, 6) is -0.0116. The number of piperidine rings is 1. The predicted octanol–water partition coefficient (Wildman–Crippen LogP) is 5.01. The van der Waals surface area contributed by atoms with E-state index >= 15 is 0 Å². The first kappa shape index (κ1) is 21.9. The molecule has 4 aromatic rings. The van der Waals surface area contributed by atoms with E-state index in [0.29, 0.717) is 48.7 Å².